The van der Waals surface area contributed by atoms with Crippen LogP contribution in [0.1, 0.15) is 37.8 Å². The van der Waals surface area contributed by atoms with E-state index in [-0.39, 0.29) is 6.04 Å². The first-order valence-corrected chi connectivity index (χ1v) is 7.87. The molecule has 1 aromatic rings. The molecule has 0 saturated carbocycles. The van der Waals surface area contributed by atoms with Crippen molar-refractivity contribution in [1.82, 2.24) is 19.6 Å². The molecule has 5 nitrogen and oxygen atoms in total. The van der Waals surface area contributed by atoms with E-state index in [1.807, 2.05) is 17.9 Å². The summed E-state index contributed by atoms with van der Waals surface area (Å²) >= 11 is 0. The topological polar surface area (TPSA) is 50.3 Å². The second-order valence-electron chi connectivity index (χ2n) is 6.43. The lowest BCUT2D eigenvalue weighted by atomic mass is 10.0. The Morgan fingerprint density at radius 2 is 2.10 bits per heavy atom. The molecule has 3 rings (SSSR count). The van der Waals surface area contributed by atoms with Gasteiger partial charge in [0.2, 0.25) is 0 Å². The molecule has 0 aliphatic carbocycles. The van der Waals surface area contributed by atoms with Crippen molar-refractivity contribution in [2.45, 2.75) is 44.3 Å². The van der Waals surface area contributed by atoms with Gasteiger partial charge >= 0.3 is 0 Å². The van der Waals surface area contributed by atoms with Crippen LogP contribution >= 0.6 is 0 Å². The average Bonchev–Trinajstić information content (AvgIpc) is 2.95. The number of hydrogen-bond donors (Lipinski definition) is 1. The normalized spacial score (nSPS) is 28.1. The van der Waals surface area contributed by atoms with Gasteiger partial charge < -0.3 is 5.73 Å². The van der Waals surface area contributed by atoms with Crippen molar-refractivity contribution in [2.24, 2.45) is 12.8 Å². The number of hydrogen-bond acceptors (Lipinski definition) is 4. The smallest absolute Gasteiger partial charge is 0.0538 e. The van der Waals surface area contributed by atoms with Crippen molar-refractivity contribution in [3.05, 3.63) is 18.0 Å². The van der Waals surface area contributed by atoms with Crippen molar-refractivity contribution in [3.63, 3.8) is 0 Å². The summed E-state index contributed by atoms with van der Waals surface area (Å²) in [5, 5.41) is 4.33. The zero-order valence-corrected chi connectivity index (χ0v) is 12.7. The first kappa shape index (κ1) is 14.0. The molecule has 0 radical (unpaired) electrons. The fraction of sp³-hybridized carbons (Fsp3) is 0.800. The molecule has 1 aromatic heterocycles. The number of fused-ring (bicyclic) bond motifs is 1. The van der Waals surface area contributed by atoms with Crippen molar-refractivity contribution in [3.8, 4) is 0 Å². The molecule has 2 aliphatic heterocycles. The number of nitrogens with zero attached hydrogens (tertiary/aromatic N) is 4. The number of nitrogens with two attached hydrogens (primary N) is 1. The highest BCUT2D eigenvalue weighted by atomic mass is 15.3. The van der Waals surface area contributed by atoms with Crippen molar-refractivity contribution in [2.75, 3.05) is 26.2 Å². The highest BCUT2D eigenvalue weighted by molar-refractivity contribution is 5.13. The Labute approximate surface area is 121 Å². The third-order valence-electron chi connectivity index (χ3n) is 4.79. The lowest BCUT2D eigenvalue weighted by Gasteiger charge is -2.34. The lowest BCUT2D eigenvalue weighted by molar-refractivity contribution is 0.157. The van der Waals surface area contributed by atoms with Gasteiger partial charge in [-0.25, -0.2) is 0 Å². The molecule has 3 atom stereocenters. The van der Waals surface area contributed by atoms with Crippen LogP contribution < -0.4 is 5.73 Å². The Balaban J connectivity index is 1.80. The van der Waals surface area contributed by atoms with E-state index >= 15 is 0 Å². The quantitative estimate of drug-likeness (QED) is 0.895. The van der Waals surface area contributed by atoms with E-state index in [1.54, 1.807) is 0 Å². The van der Waals surface area contributed by atoms with E-state index in [9.17, 15) is 0 Å². The van der Waals surface area contributed by atoms with Gasteiger partial charge in [-0.3, -0.25) is 14.5 Å². The molecule has 0 aromatic carbocycles. The van der Waals surface area contributed by atoms with Crippen LogP contribution in [0.4, 0.5) is 0 Å². The zero-order chi connectivity index (χ0) is 14.1. The molecule has 20 heavy (non-hydrogen) atoms. The molecule has 112 valence electrons. The Morgan fingerprint density at radius 3 is 2.80 bits per heavy atom. The second-order valence-corrected chi connectivity index (χ2v) is 6.43. The third-order valence-corrected chi connectivity index (χ3v) is 4.79. The highest BCUT2D eigenvalue weighted by Crippen LogP contribution is 2.29. The second kappa shape index (κ2) is 5.84. The van der Waals surface area contributed by atoms with E-state index in [4.69, 9.17) is 5.73 Å². The largest absolute Gasteiger partial charge is 0.326 e. The first-order chi connectivity index (χ1) is 9.65. The van der Waals surface area contributed by atoms with E-state index < -0.39 is 0 Å². The Morgan fingerprint density at radius 1 is 1.30 bits per heavy atom. The fourth-order valence-corrected chi connectivity index (χ4v) is 3.93. The minimum absolute atomic E-state index is 0.132. The Hall–Kier alpha value is -0.910. The molecule has 2 aliphatic rings. The molecule has 0 amide bonds. The van der Waals surface area contributed by atoms with Gasteiger partial charge in [0, 0.05) is 44.0 Å². The summed E-state index contributed by atoms with van der Waals surface area (Å²) in [7, 11) is 1.98. The average molecular weight is 277 g/mol. The van der Waals surface area contributed by atoms with E-state index in [1.165, 1.54) is 37.9 Å². The maximum absolute atomic E-state index is 6.30. The molecule has 2 fully saturated rings. The van der Waals surface area contributed by atoms with Crippen molar-refractivity contribution >= 4 is 0 Å². The Kier molecular flexibility index (Phi) is 4.10. The van der Waals surface area contributed by atoms with Gasteiger partial charge in [0.15, 0.2) is 0 Å². The molecule has 2 N–H and O–H groups in total. The van der Waals surface area contributed by atoms with E-state index in [2.05, 4.69) is 28.0 Å². The van der Waals surface area contributed by atoms with Crippen LogP contribution in [-0.4, -0.2) is 57.8 Å². The molecular formula is C15H27N5. The SMILES string of the molecule is CC(N)C(c1cnn(C)c1)N1CCCN2CCCC2C1. The number of aromatic nitrogens is 2. The van der Waals surface area contributed by atoms with Gasteiger partial charge in [-0.2, -0.15) is 5.10 Å². The van der Waals surface area contributed by atoms with Crippen LogP contribution in [0, 0.1) is 0 Å². The number of aryl methyl sites for hydroxylation is 1. The Bertz CT molecular complexity index is 441. The third kappa shape index (κ3) is 2.75. The van der Waals surface area contributed by atoms with E-state index in [0.717, 1.165) is 19.1 Å². The maximum Gasteiger partial charge on any atom is 0.0538 e. The van der Waals surface area contributed by atoms with Gasteiger partial charge in [0.1, 0.15) is 0 Å². The zero-order valence-electron chi connectivity index (χ0n) is 12.7. The van der Waals surface area contributed by atoms with Crippen LogP contribution in [0.2, 0.25) is 0 Å². The molecule has 3 unspecified atom stereocenters. The van der Waals surface area contributed by atoms with Crippen LogP contribution in [0.3, 0.4) is 0 Å². The standard InChI is InChI=1S/C15H27N5/c1-12(16)15(13-9-17-18(2)10-13)20-8-4-7-19-6-3-5-14(19)11-20/h9-10,12,14-15H,3-8,11,16H2,1-2H3. The molecule has 2 saturated heterocycles. The summed E-state index contributed by atoms with van der Waals surface area (Å²) in [6.45, 7) is 6.96. The lowest BCUT2D eigenvalue weighted by Crippen LogP contribution is -2.43. The van der Waals surface area contributed by atoms with Crippen molar-refractivity contribution in [1.29, 1.82) is 0 Å². The van der Waals surface area contributed by atoms with Crippen molar-refractivity contribution < 1.29 is 0 Å². The van der Waals surface area contributed by atoms with Crippen LogP contribution in [0.25, 0.3) is 0 Å². The molecule has 5 heteroatoms. The minimum atomic E-state index is 0.132. The van der Waals surface area contributed by atoms with Gasteiger partial charge in [-0.05, 0) is 39.3 Å². The fourth-order valence-electron chi connectivity index (χ4n) is 3.93. The summed E-state index contributed by atoms with van der Waals surface area (Å²) in [6, 6.07) is 1.16. The summed E-state index contributed by atoms with van der Waals surface area (Å²) < 4.78 is 1.88. The van der Waals surface area contributed by atoms with Gasteiger partial charge in [-0.15, -0.1) is 0 Å². The molecule has 0 bridgehead atoms. The van der Waals surface area contributed by atoms with Gasteiger partial charge in [-0.1, -0.05) is 0 Å². The number of rotatable bonds is 3. The molecule has 3 heterocycles. The van der Waals surface area contributed by atoms with Crippen LogP contribution in [0.5, 0.6) is 0 Å². The monoisotopic (exact) mass is 277 g/mol. The first-order valence-electron chi connectivity index (χ1n) is 7.87. The van der Waals surface area contributed by atoms with Crippen LogP contribution in [0.15, 0.2) is 12.4 Å². The predicted molar refractivity (Wildman–Crippen MR) is 80.4 cm³/mol. The predicted octanol–water partition coefficient (Wildman–Crippen LogP) is 0.979. The summed E-state index contributed by atoms with van der Waals surface area (Å²) in [5.41, 5.74) is 7.56. The minimum Gasteiger partial charge on any atom is -0.326 e. The molecule has 0 spiro atoms. The van der Waals surface area contributed by atoms with Gasteiger partial charge in [0.05, 0.1) is 12.2 Å². The summed E-state index contributed by atoms with van der Waals surface area (Å²) in [6.07, 6.45) is 8.04. The summed E-state index contributed by atoms with van der Waals surface area (Å²) in [4.78, 5) is 5.26. The van der Waals surface area contributed by atoms with E-state index in [0.29, 0.717) is 6.04 Å². The maximum atomic E-state index is 6.30. The van der Waals surface area contributed by atoms with Gasteiger partial charge in [0.25, 0.3) is 0 Å². The highest BCUT2D eigenvalue weighted by Gasteiger charge is 2.33. The van der Waals surface area contributed by atoms with Crippen LogP contribution in [-0.2, 0) is 7.05 Å². The molecular weight excluding hydrogens is 250 g/mol. The summed E-state index contributed by atoms with van der Waals surface area (Å²) in [5.74, 6) is 0.